The lowest BCUT2D eigenvalue weighted by molar-refractivity contribution is 0.173. The van der Waals surface area contributed by atoms with Crippen molar-refractivity contribution in [1.82, 2.24) is 0 Å². The standard InChI is InChI=1S/C10H13NO2/c1-6(12)9-5-7-8(11-9)3-2-4-10(7)13/h2-4,6,9,11-13H,5H2,1H3. The van der Waals surface area contributed by atoms with Gasteiger partial charge < -0.3 is 15.5 Å². The summed E-state index contributed by atoms with van der Waals surface area (Å²) in [4.78, 5) is 0. The third kappa shape index (κ3) is 1.35. The summed E-state index contributed by atoms with van der Waals surface area (Å²) in [6.45, 7) is 1.75. The topological polar surface area (TPSA) is 52.5 Å². The van der Waals surface area contributed by atoms with Crippen molar-refractivity contribution in [2.45, 2.75) is 25.5 Å². The number of aliphatic hydroxyl groups is 1. The number of anilines is 1. The number of phenolic OH excluding ortho intramolecular Hbond substituents is 1. The van der Waals surface area contributed by atoms with Gasteiger partial charge in [-0.25, -0.2) is 0 Å². The number of benzene rings is 1. The maximum atomic E-state index is 9.51. The number of nitrogens with one attached hydrogen (secondary N) is 1. The van der Waals surface area contributed by atoms with Gasteiger partial charge in [0.2, 0.25) is 0 Å². The molecule has 0 saturated heterocycles. The molecule has 3 heteroatoms. The second-order valence-corrected chi connectivity index (χ2v) is 3.50. The van der Waals surface area contributed by atoms with Crippen LogP contribution in [-0.4, -0.2) is 22.4 Å². The van der Waals surface area contributed by atoms with Gasteiger partial charge in [0.25, 0.3) is 0 Å². The van der Waals surface area contributed by atoms with E-state index in [2.05, 4.69) is 5.32 Å². The molecule has 0 aliphatic carbocycles. The fraction of sp³-hybridized carbons (Fsp3) is 0.400. The first kappa shape index (κ1) is 8.38. The number of rotatable bonds is 1. The van der Waals surface area contributed by atoms with Gasteiger partial charge in [-0.3, -0.25) is 0 Å². The highest BCUT2D eigenvalue weighted by Gasteiger charge is 2.25. The Labute approximate surface area is 77.0 Å². The molecule has 1 aliphatic rings. The Morgan fingerprint density at radius 3 is 2.92 bits per heavy atom. The summed E-state index contributed by atoms with van der Waals surface area (Å²) in [6.07, 6.45) is 0.298. The monoisotopic (exact) mass is 179 g/mol. The average molecular weight is 179 g/mol. The Kier molecular flexibility index (Phi) is 1.88. The zero-order chi connectivity index (χ0) is 9.42. The minimum Gasteiger partial charge on any atom is -0.508 e. The summed E-state index contributed by atoms with van der Waals surface area (Å²) in [7, 11) is 0. The van der Waals surface area contributed by atoms with Crippen LogP contribution in [0.1, 0.15) is 12.5 Å². The molecule has 3 nitrogen and oxygen atoms in total. The Hall–Kier alpha value is -1.22. The number of fused-ring (bicyclic) bond motifs is 1. The fourth-order valence-electron chi connectivity index (χ4n) is 1.69. The summed E-state index contributed by atoms with van der Waals surface area (Å²) >= 11 is 0. The molecule has 2 rings (SSSR count). The van der Waals surface area contributed by atoms with Gasteiger partial charge in [0.1, 0.15) is 5.75 Å². The molecule has 0 saturated carbocycles. The van der Waals surface area contributed by atoms with E-state index in [-0.39, 0.29) is 6.04 Å². The minimum atomic E-state index is -0.396. The summed E-state index contributed by atoms with van der Waals surface area (Å²) < 4.78 is 0. The Bertz CT molecular complexity index is 323. The molecule has 2 unspecified atom stereocenters. The van der Waals surface area contributed by atoms with E-state index < -0.39 is 6.10 Å². The van der Waals surface area contributed by atoms with E-state index in [0.717, 1.165) is 11.3 Å². The van der Waals surface area contributed by atoms with Crippen LogP contribution in [0.5, 0.6) is 5.75 Å². The molecular formula is C10H13NO2. The molecule has 13 heavy (non-hydrogen) atoms. The van der Waals surface area contributed by atoms with Crippen LogP contribution in [0.25, 0.3) is 0 Å². The number of hydrogen-bond acceptors (Lipinski definition) is 3. The highest BCUT2D eigenvalue weighted by atomic mass is 16.3. The van der Waals surface area contributed by atoms with Crippen LogP contribution in [0.15, 0.2) is 18.2 Å². The quantitative estimate of drug-likeness (QED) is 0.605. The molecule has 2 atom stereocenters. The molecule has 0 amide bonds. The van der Waals surface area contributed by atoms with Gasteiger partial charge in [-0.1, -0.05) is 6.07 Å². The van der Waals surface area contributed by atoms with Crippen molar-refractivity contribution in [2.24, 2.45) is 0 Å². The Balaban J connectivity index is 2.30. The van der Waals surface area contributed by atoms with Crippen LogP contribution in [0, 0.1) is 0 Å². The van der Waals surface area contributed by atoms with Crippen molar-refractivity contribution in [3.8, 4) is 5.75 Å². The largest absolute Gasteiger partial charge is 0.508 e. The molecule has 0 fully saturated rings. The molecule has 70 valence electrons. The summed E-state index contributed by atoms with van der Waals surface area (Å²) in [5, 5.41) is 22.0. The van der Waals surface area contributed by atoms with Crippen molar-refractivity contribution in [2.75, 3.05) is 5.32 Å². The van der Waals surface area contributed by atoms with Crippen LogP contribution in [0.4, 0.5) is 5.69 Å². The van der Waals surface area contributed by atoms with Gasteiger partial charge in [-0.05, 0) is 19.1 Å². The smallest absolute Gasteiger partial charge is 0.120 e. The fourth-order valence-corrected chi connectivity index (χ4v) is 1.69. The number of aromatic hydroxyl groups is 1. The van der Waals surface area contributed by atoms with Crippen molar-refractivity contribution in [3.63, 3.8) is 0 Å². The van der Waals surface area contributed by atoms with Crippen molar-refractivity contribution >= 4 is 5.69 Å². The first-order chi connectivity index (χ1) is 6.18. The van der Waals surface area contributed by atoms with E-state index in [9.17, 15) is 10.2 Å². The minimum absolute atomic E-state index is 0.0308. The summed E-state index contributed by atoms with van der Waals surface area (Å²) in [5.74, 6) is 0.313. The van der Waals surface area contributed by atoms with E-state index in [1.807, 2.05) is 6.07 Å². The predicted octanol–water partition coefficient (Wildman–Crippen LogP) is 1.11. The molecule has 1 aliphatic heterocycles. The SMILES string of the molecule is CC(O)C1Cc2c(O)cccc2N1. The molecule has 3 N–H and O–H groups in total. The number of phenols is 1. The summed E-state index contributed by atoms with van der Waals surface area (Å²) in [5.41, 5.74) is 1.85. The Morgan fingerprint density at radius 1 is 1.54 bits per heavy atom. The summed E-state index contributed by atoms with van der Waals surface area (Å²) in [6, 6.07) is 5.41. The molecule has 0 aromatic heterocycles. The number of hydrogen-bond donors (Lipinski definition) is 3. The third-order valence-corrected chi connectivity index (χ3v) is 2.50. The van der Waals surface area contributed by atoms with Crippen molar-refractivity contribution in [1.29, 1.82) is 0 Å². The van der Waals surface area contributed by atoms with Gasteiger partial charge in [0, 0.05) is 17.7 Å². The molecule has 1 heterocycles. The number of aliphatic hydroxyl groups excluding tert-OH is 1. The van der Waals surface area contributed by atoms with Gasteiger partial charge in [-0.2, -0.15) is 0 Å². The van der Waals surface area contributed by atoms with Gasteiger partial charge in [0.15, 0.2) is 0 Å². The molecule has 0 bridgehead atoms. The van der Waals surface area contributed by atoms with E-state index in [1.165, 1.54) is 0 Å². The first-order valence-corrected chi connectivity index (χ1v) is 4.44. The van der Waals surface area contributed by atoms with Crippen LogP contribution in [0.2, 0.25) is 0 Å². The zero-order valence-electron chi connectivity index (χ0n) is 7.49. The molecule has 0 radical (unpaired) electrons. The van der Waals surface area contributed by atoms with Gasteiger partial charge in [-0.15, -0.1) is 0 Å². The lowest BCUT2D eigenvalue weighted by atomic mass is 10.1. The van der Waals surface area contributed by atoms with Crippen LogP contribution >= 0.6 is 0 Å². The van der Waals surface area contributed by atoms with Crippen LogP contribution < -0.4 is 5.32 Å². The van der Waals surface area contributed by atoms with Gasteiger partial charge in [0.05, 0.1) is 12.1 Å². The van der Waals surface area contributed by atoms with E-state index in [1.54, 1.807) is 19.1 Å². The lowest BCUT2D eigenvalue weighted by Gasteiger charge is -2.13. The highest BCUT2D eigenvalue weighted by molar-refractivity contribution is 5.62. The van der Waals surface area contributed by atoms with Crippen molar-refractivity contribution < 1.29 is 10.2 Å². The Morgan fingerprint density at radius 2 is 2.31 bits per heavy atom. The van der Waals surface area contributed by atoms with Gasteiger partial charge >= 0.3 is 0 Å². The second kappa shape index (κ2) is 2.92. The van der Waals surface area contributed by atoms with Crippen LogP contribution in [-0.2, 0) is 6.42 Å². The van der Waals surface area contributed by atoms with E-state index >= 15 is 0 Å². The predicted molar refractivity (Wildman–Crippen MR) is 50.9 cm³/mol. The third-order valence-electron chi connectivity index (χ3n) is 2.50. The van der Waals surface area contributed by atoms with Crippen molar-refractivity contribution in [3.05, 3.63) is 23.8 Å². The van der Waals surface area contributed by atoms with E-state index in [4.69, 9.17) is 0 Å². The lowest BCUT2D eigenvalue weighted by Crippen LogP contribution is -2.28. The van der Waals surface area contributed by atoms with E-state index in [0.29, 0.717) is 12.2 Å². The normalized spacial score (nSPS) is 22.2. The molecule has 0 spiro atoms. The maximum absolute atomic E-state index is 9.51. The molecule has 1 aromatic carbocycles. The highest BCUT2D eigenvalue weighted by Crippen LogP contribution is 2.33. The first-order valence-electron chi connectivity index (χ1n) is 4.44. The second-order valence-electron chi connectivity index (χ2n) is 3.50. The molecular weight excluding hydrogens is 166 g/mol. The average Bonchev–Trinajstić information content (AvgIpc) is 2.49. The van der Waals surface area contributed by atoms with Crippen LogP contribution in [0.3, 0.4) is 0 Å². The zero-order valence-corrected chi connectivity index (χ0v) is 7.49. The molecule has 1 aromatic rings. The maximum Gasteiger partial charge on any atom is 0.120 e.